The van der Waals surface area contributed by atoms with Crippen molar-refractivity contribution < 1.29 is 34.8 Å². The highest BCUT2D eigenvalue weighted by atomic mass is 16.5. The quantitative estimate of drug-likeness (QED) is 0.342. The number of aliphatic hydroxyl groups excluding tert-OH is 1. The Morgan fingerprint density at radius 3 is 2.28 bits per heavy atom. The van der Waals surface area contributed by atoms with Crippen LogP contribution in [0.25, 0.3) is 0 Å². The van der Waals surface area contributed by atoms with Crippen LogP contribution < -0.4 is 0 Å². The molecule has 4 N–H and O–H groups in total. The Bertz CT molecular complexity index is 941. The fraction of sp³-hybridized carbons (Fsp3) is 0.545. The van der Waals surface area contributed by atoms with Gasteiger partial charge in [-0.25, -0.2) is 0 Å². The Kier molecular flexibility index (Phi) is 4.84. The predicted octanol–water partition coefficient (Wildman–Crippen LogP) is 3.95. The van der Waals surface area contributed by atoms with Crippen molar-refractivity contribution in [3.05, 3.63) is 28.0 Å². The van der Waals surface area contributed by atoms with Crippen LogP contribution in [0.3, 0.4) is 0 Å². The standard InChI is InChI=1S/C22H28O7/c1-10(9-29-11(2)23)12-15(24)13-14(18(27)16(12)25)22(5)8-6-7-21(3,4)20(22)19(28)17(13)26/h10,24-25,27-28H,6-9H2,1-5H3/t10-,22-/m1/s1. The minimum Gasteiger partial charge on any atom is -0.507 e. The minimum absolute atomic E-state index is 0.0919. The van der Waals surface area contributed by atoms with Crippen LogP contribution >= 0.6 is 0 Å². The molecule has 0 spiro atoms. The normalized spacial score (nSPS) is 24.0. The highest BCUT2D eigenvalue weighted by Gasteiger charge is 2.53. The van der Waals surface area contributed by atoms with Gasteiger partial charge in [-0.05, 0) is 23.8 Å². The van der Waals surface area contributed by atoms with Gasteiger partial charge in [-0.1, -0.05) is 34.1 Å². The van der Waals surface area contributed by atoms with Gasteiger partial charge in [0, 0.05) is 29.4 Å². The highest BCUT2D eigenvalue weighted by Crippen LogP contribution is 2.61. The summed E-state index contributed by atoms with van der Waals surface area (Å²) in [6.07, 6.45) is 2.10. The molecule has 1 saturated carbocycles. The van der Waals surface area contributed by atoms with Gasteiger partial charge in [0.05, 0.1) is 12.2 Å². The highest BCUT2D eigenvalue weighted by molar-refractivity contribution is 6.13. The Morgan fingerprint density at radius 2 is 1.69 bits per heavy atom. The van der Waals surface area contributed by atoms with E-state index in [1.807, 2.05) is 20.8 Å². The van der Waals surface area contributed by atoms with E-state index in [0.717, 1.165) is 12.8 Å². The second-order valence-corrected chi connectivity index (χ2v) is 9.04. The number of phenolic OH excluding ortho intramolecular Hbond substituents is 3. The topological polar surface area (TPSA) is 124 Å². The first-order chi connectivity index (χ1) is 13.3. The molecule has 0 bridgehead atoms. The van der Waals surface area contributed by atoms with Crippen LogP contribution in [0.1, 0.15) is 81.3 Å². The fourth-order valence-electron chi connectivity index (χ4n) is 5.22. The zero-order valence-electron chi connectivity index (χ0n) is 17.4. The van der Waals surface area contributed by atoms with Crippen molar-refractivity contribution in [1.29, 1.82) is 0 Å². The number of Topliss-reactive ketones (excluding diaryl/α,β-unsaturated/α-hetero) is 1. The number of hydrogen-bond donors (Lipinski definition) is 4. The number of ketones is 1. The molecule has 7 nitrogen and oxygen atoms in total. The number of hydrogen-bond acceptors (Lipinski definition) is 7. The summed E-state index contributed by atoms with van der Waals surface area (Å²) < 4.78 is 4.95. The lowest BCUT2D eigenvalue weighted by atomic mass is 9.54. The number of esters is 1. The molecule has 3 rings (SSSR count). The van der Waals surface area contributed by atoms with E-state index in [4.69, 9.17) is 4.74 Å². The van der Waals surface area contributed by atoms with E-state index in [0.29, 0.717) is 12.0 Å². The van der Waals surface area contributed by atoms with E-state index in [2.05, 4.69) is 0 Å². The van der Waals surface area contributed by atoms with Crippen LogP contribution in [-0.4, -0.2) is 38.8 Å². The molecule has 0 radical (unpaired) electrons. The summed E-state index contributed by atoms with van der Waals surface area (Å²) in [6.45, 7) is 8.34. The van der Waals surface area contributed by atoms with Crippen LogP contribution in [0.2, 0.25) is 0 Å². The molecule has 0 heterocycles. The Labute approximate surface area is 169 Å². The van der Waals surface area contributed by atoms with E-state index in [1.165, 1.54) is 6.92 Å². The van der Waals surface area contributed by atoms with Crippen molar-refractivity contribution in [3.63, 3.8) is 0 Å². The summed E-state index contributed by atoms with van der Waals surface area (Å²) in [4.78, 5) is 24.2. The number of carbonyl (C=O) groups excluding carboxylic acids is 2. The summed E-state index contributed by atoms with van der Waals surface area (Å²) >= 11 is 0. The lowest BCUT2D eigenvalue weighted by molar-refractivity contribution is -0.141. The second-order valence-electron chi connectivity index (χ2n) is 9.04. The van der Waals surface area contributed by atoms with Gasteiger partial charge in [-0.2, -0.15) is 0 Å². The number of aromatic hydroxyl groups is 3. The molecule has 0 unspecified atom stereocenters. The number of phenols is 3. The molecule has 29 heavy (non-hydrogen) atoms. The number of fused-ring (bicyclic) bond motifs is 3. The number of allylic oxidation sites excluding steroid dienone is 2. The van der Waals surface area contributed by atoms with Gasteiger partial charge >= 0.3 is 5.97 Å². The maximum absolute atomic E-state index is 13.1. The molecule has 0 amide bonds. The molecule has 0 aliphatic heterocycles. The Hall–Kier alpha value is -2.70. The number of aliphatic hydroxyl groups is 1. The van der Waals surface area contributed by atoms with Crippen LogP contribution in [0.15, 0.2) is 11.3 Å². The van der Waals surface area contributed by atoms with Gasteiger partial charge in [-0.15, -0.1) is 0 Å². The van der Waals surface area contributed by atoms with Crippen molar-refractivity contribution in [1.82, 2.24) is 0 Å². The summed E-state index contributed by atoms with van der Waals surface area (Å²) in [5.41, 5.74) is -1.03. The first-order valence-electron chi connectivity index (χ1n) is 9.78. The first-order valence-corrected chi connectivity index (χ1v) is 9.78. The summed E-state index contributed by atoms with van der Waals surface area (Å²) in [6, 6.07) is 0. The summed E-state index contributed by atoms with van der Waals surface area (Å²) in [7, 11) is 0. The molecule has 1 aromatic carbocycles. The third-order valence-corrected chi connectivity index (χ3v) is 6.43. The van der Waals surface area contributed by atoms with E-state index in [9.17, 15) is 30.0 Å². The van der Waals surface area contributed by atoms with Crippen LogP contribution in [0, 0.1) is 5.41 Å². The molecule has 2 aliphatic carbocycles. The maximum atomic E-state index is 13.1. The summed E-state index contributed by atoms with van der Waals surface area (Å²) in [5, 5.41) is 43.4. The maximum Gasteiger partial charge on any atom is 0.302 e. The molecule has 1 fully saturated rings. The molecule has 2 atom stereocenters. The molecule has 0 saturated heterocycles. The van der Waals surface area contributed by atoms with Gasteiger partial charge < -0.3 is 25.2 Å². The SMILES string of the molecule is CC(=O)OC[C@@H](C)c1c(O)c(O)c2c(c1O)C(=O)C(O)=C1C(C)(C)CCC[C@@]12C. The number of benzene rings is 1. The number of carbonyl (C=O) groups is 2. The monoisotopic (exact) mass is 404 g/mol. The van der Waals surface area contributed by atoms with Crippen LogP contribution in [0.4, 0.5) is 0 Å². The molecular formula is C22H28O7. The lowest BCUT2D eigenvalue weighted by Gasteiger charge is -2.49. The van der Waals surface area contributed by atoms with Crippen molar-refractivity contribution in [2.24, 2.45) is 5.41 Å². The molecule has 7 heteroatoms. The lowest BCUT2D eigenvalue weighted by Crippen LogP contribution is -2.43. The molecule has 1 aromatic rings. The average Bonchev–Trinajstić information content (AvgIpc) is 2.60. The third-order valence-electron chi connectivity index (χ3n) is 6.43. The molecule has 158 valence electrons. The zero-order chi connectivity index (χ0) is 21.9. The zero-order valence-corrected chi connectivity index (χ0v) is 17.4. The predicted molar refractivity (Wildman–Crippen MR) is 105 cm³/mol. The van der Waals surface area contributed by atoms with Crippen molar-refractivity contribution in [2.75, 3.05) is 6.61 Å². The van der Waals surface area contributed by atoms with Gasteiger partial charge in [0.1, 0.15) is 5.75 Å². The smallest absolute Gasteiger partial charge is 0.302 e. The van der Waals surface area contributed by atoms with E-state index in [-0.39, 0.29) is 23.3 Å². The van der Waals surface area contributed by atoms with Crippen LogP contribution in [0.5, 0.6) is 17.2 Å². The molecule has 2 aliphatic rings. The van der Waals surface area contributed by atoms with Gasteiger partial charge in [-0.3, -0.25) is 9.59 Å². The Balaban J connectivity index is 2.29. The second kappa shape index (κ2) is 6.68. The number of ether oxygens (including phenoxy) is 1. The van der Waals surface area contributed by atoms with Gasteiger partial charge in [0.2, 0.25) is 5.78 Å². The first kappa shape index (κ1) is 21.0. The summed E-state index contributed by atoms with van der Waals surface area (Å²) in [5.74, 6) is -3.95. The molecule has 0 aromatic heterocycles. The third kappa shape index (κ3) is 2.94. The average molecular weight is 404 g/mol. The van der Waals surface area contributed by atoms with E-state index in [1.54, 1.807) is 6.92 Å². The van der Waals surface area contributed by atoms with Gasteiger partial charge in [0.15, 0.2) is 17.3 Å². The Morgan fingerprint density at radius 1 is 1.07 bits per heavy atom. The number of rotatable bonds is 3. The van der Waals surface area contributed by atoms with Crippen LogP contribution in [-0.2, 0) is 14.9 Å². The van der Waals surface area contributed by atoms with E-state index >= 15 is 0 Å². The largest absolute Gasteiger partial charge is 0.507 e. The molecular weight excluding hydrogens is 376 g/mol. The van der Waals surface area contributed by atoms with Crippen molar-refractivity contribution >= 4 is 11.8 Å². The minimum atomic E-state index is -0.911. The van der Waals surface area contributed by atoms with Crippen molar-refractivity contribution in [3.8, 4) is 17.2 Å². The van der Waals surface area contributed by atoms with E-state index < -0.39 is 51.5 Å². The van der Waals surface area contributed by atoms with Crippen molar-refractivity contribution in [2.45, 2.75) is 65.2 Å². The van der Waals surface area contributed by atoms with Gasteiger partial charge in [0.25, 0.3) is 0 Å². The fourth-order valence-corrected chi connectivity index (χ4v) is 5.22.